The molecule has 1 unspecified atom stereocenters. The van der Waals surface area contributed by atoms with Gasteiger partial charge in [-0.15, -0.1) is 0 Å². The molecule has 1 rings (SSSR count). The van der Waals surface area contributed by atoms with Crippen LogP contribution in [-0.4, -0.2) is 5.78 Å². The predicted octanol–water partition coefficient (Wildman–Crippen LogP) is 2.55. The molecular formula is C11H12O. The number of rotatable bonds is 3. The molecular weight excluding hydrogens is 148 g/mol. The van der Waals surface area contributed by atoms with Crippen molar-refractivity contribution < 1.29 is 4.79 Å². The van der Waals surface area contributed by atoms with E-state index in [9.17, 15) is 4.79 Å². The van der Waals surface area contributed by atoms with Crippen molar-refractivity contribution in [2.24, 2.45) is 0 Å². The molecule has 0 aliphatic rings. The maximum atomic E-state index is 11.2. The summed E-state index contributed by atoms with van der Waals surface area (Å²) in [6.07, 6.45) is 1.37. The van der Waals surface area contributed by atoms with Crippen molar-refractivity contribution in [2.75, 3.05) is 0 Å². The molecule has 0 saturated heterocycles. The summed E-state index contributed by atoms with van der Waals surface area (Å²) in [5, 5.41) is 0. The van der Waals surface area contributed by atoms with E-state index in [1.54, 1.807) is 0 Å². The van der Waals surface area contributed by atoms with Crippen LogP contribution < -0.4 is 0 Å². The van der Waals surface area contributed by atoms with Gasteiger partial charge in [-0.25, -0.2) is 0 Å². The van der Waals surface area contributed by atoms with Crippen molar-refractivity contribution in [1.29, 1.82) is 0 Å². The van der Waals surface area contributed by atoms with Gasteiger partial charge in [0.25, 0.3) is 0 Å². The van der Waals surface area contributed by atoms with Crippen molar-refractivity contribution in [3.05, 3.63) is 48.6 Å². The van der Waals surface area contributed by atoms with Crippen LogP contribution in [0.1, 0.15) is 18.4 Å². The minimum Gasteiger partial charge on any atom is -0.294 e. The molecule has 0 N–H and O–H groups in total. The Hall–Kier alpha value is -1.37. The molecule has 1 aromatic carbocycles. The van der Waals surface area contributed by atoms with Gasteiger partial charge in [0, 0.05) is 5.92 Å². The molecule has 0 aromatic heterocycles. The van der Waals surface area contributed by atoms with Gasteiger partial charge in [-0.1, -0.05) is 43.8 Å². The lowest BCUT2D eigenvalue weighted by Crippen LogP contribution is -2.04. The van der Waals surface area contributed by atoms with Crippen molar-refractivity contribution in [3.8, 4) is 0 Å². The highest BCUT2D eigenvalue weighted by molar-refractivity contribution is 5.94. The van der Waals surface area contributed by atoms with Gasteiger partial charge in [0.05, 0.1) is 0 Å². The molecule has 12 heavy (non-hydrogen) atoms. The van der Waals surface area contributed by atoms with Crippen LogP contribution >= 0.6 is 0 Å². The standard InChI is InChI=1S/C11H12O/c1-3-11(12)9(2)10-7-5-4-6-8-10/h3-9H,1H2,2H3. The zero-order chi connectivity index (χ0) is 8.97. The summed E-state index contributed by atoms with van der Waals surface area (Å²) in [7, 11) is 0. The van der Waals surface area contributed by atoms with E-state index in [0.717, 1.165) is 5.56 Å². The Balaban J connectivity index is 2.85. The minimum atomic E-state index is -0.0660. The number of benzene rings is 1. The van der Waals surface area contributed by atoms with E-state index in [-0.39, 0.29) is 11.7 Å². The zero-order valence-electron chi connectivity index (χ0n) is 7.16. The third kappa shape index (κ3) is 1.82. The van der Waals surface area contributed by atoms with Gasteiger partial charge < -0.3 is 0 Å². The molecule has 62 valence electrons. The number of carbonyl (C=O) groups excluding carboxylic acids is 1. The average Bonchev–Trinajstić information content (AvgIpc) is 2.17. The van der Waals surface area contributed by atoms with Crippen LogP contribution in [0.2, 0.25) is 0 Å². The maximum absolute atomic E-state index is 11.2. The second-order valence-electron chi connectivity index (χ2n) is 2.74. The molecule has 0 radical (unpaired) electrons. The van der Waals surface area contributed by atoms with Crippen LogP contribution in [0.25, 0.3) is 0 Å². The Morgan fingerprint density at radius 3 is 2.50 bits per heavy atom. The SMILES string of the molecule is C=CC(=O)C(C)c1ccccc1. The summed E-state index contributed by atoms with van der Waals surface area (Å²) < 4.78 is 0. The number of ketones is 1. The third-order valence-electron chi connectivity index (χ3n) is 1.93. The van der Waals surface area contributed by atoms with Gasteiger partial charge in [-0.3, -0.25) is 4.79 Å². The minimum absolute atomic E-state index is 0.0660. The Labute approximate surface area is 72.7 Å². The van der Waals surface area contributed by atoms with Gasteiger partial charge in [-0.2, -0.15) is 0 Å². The molecule has 0 fully saturated rings. The Bertz CT molecular complexity index is 274. The van der Waals surface area contributed by atoms with Gasteiger partial charge >= 0.3 is 0 Å². The molecule has 1 heteroatoms. The molecule has 0 aliphatic heterocycles. The fourth-order valence-electron chi connectivity index (χ4n) is 1.08. The second-order valence-corrected chi connectivity index (χ2v) is 2.74. The van der Waals surface area contributed by atoms with Crippen molar-refractivity contribution in [1.82, 2.24) is 0 Å². The second kappa shape index (κ2) is 3.86. The Morgan fingerprint density at radius 1 is 1.42 bits per heavy atom. The van der Waals surface area contributed by atoms with Crippen LogP contribution in [0.4, 0.5) is 0 Å². The molecule has 1 nitrogen and oxygen atoms in total. The molecule has 0 bridgehead atoms. The lowest BCUT2D eigenvalue weighted by atomic mass is 9.97. The van der Waals surface area contributed by atoms with E-state index in [2.05, 4.69) is 6.58 Å². The van der Waals surface area contributed by atoms with Gasteiger partial charge in [0.1, 0.15) is 0 Å². The summed E-state index contributed by atoms with van der Waals surface area (Å²) in [4.78, 5) is 11.2. The van der Waals surface area contributed by atoms with Crippen LogP contribution in [0, 0.1) is 0 Å². The summed E-state index contributed by atoms with van der Waals surface area (Å²) in [6.45, 7) is 5.35. The van der Waals surface area contributed by atoms with Crippen LogP contribution in [0.3, 0.4) is 0 Å². The lowest BCUT2D eigenvalue weighted by Gasteiger charge is -2.06. The first-order valence-corrected chi connectivity index (χ1v) is 3.97. The van der Waals surface area contributed by atoms with Crippen molar-refractivity contribution in [2.45, 2.75) is 12.8 Å². The van der Waals surface area contributed by atoms with Gasteiger partial charge in [0.2, 0.25) is 0 Å². The largest absolute Gasteiger partial charge is 0.294 e. The quantitative estimate of drug-likeness (QED) is 0.621. The Morgan fingerprint density at radius 2 is 2.00 bits per heavy atom. The molecule has 0 heterocycles. The Kier molecular flexibility index (Phi) is 2.81. The van der Waals surface area contributed by atoms with E-state index < -0.39 is 0 Å². The molecule has 0 amide bonds. The van der Waals surface area contributed by atoms with Gasteiger partial charge in [0.15, 0.2) is 5.78 Å². The maximum Gasteiger partial charge on any atom is 0.162 e. The molecule has 0 saturated carbocycles. The number of carbonyl (C=O) groups is 1. The highest BCUT2D eigenvalue weighted by Gasteiger charge is 2.10. The molecule has 0 aliphatic carbocycles. The van der Waals surface area contributed by atoms with E-state index in [1.807, 2.05) is 37.3 Å². The first-order valence-electron chi connectivity index (χ1n) is 3.97. The average molecular weight is 160 g/mol. The van der Waals surface area contributed by atoms with Crippen molar-refractivity contribution in [3.63, 3.8) is 0 Å². The van der Waals surface area contributed by atoms with Crippen LogP contribution in [-0.2, 0) is 4.79 Å². The third-order valence-corrected chi connectivity index (χ3v) is 1.93. The molecule has 1 atom stereocenters. The number of allylic oxidation sites excluding steroid dienone is 1. The van der Waals surface area contributed by atoms with Crippen LogP contribution in [0.15, 0.2) is 43.0 Å². The van der Waals surface area contributed by atoms with E-state index in [4.69, 9.17) is 0 Å². The lowest BCUT2D eigenvalue weighted by molar-refractivity contribution is -0.115. The fourth-order valence-corrected chi connectivity index (χ4v) is 1.08. The first kappa shape index (κ1) is 8.72. The van der Waals surface area contributed by atoms with Crippen molar-refractivity contribution >= 4 is 5.78 Å². The summed E-state index contributed by atoms with van der Waals surface area (Å²) in [5.74, 6) is 0.00454. The first-order chi connectivity index (χ1) is 5.75. The van der Waals surface area contributed by atoms with E-state index in [0.29, 0.717) is 0 Å². The zero-order valence-corrected chi connectivity index (χ0v) is 7.16. The number of hydrogen-bond donors (Lipinski definition) is 0. The summed E-state index contributed by atoms with van der Waals surface area (Å²) >= 11 is 0. The van der Waals surface area contributed by atoms with Crippen LogP contribution in [0.5, 0.6) is 0 Å². The molecule has 0 spiro atoms. The van der Waals surface area contributed by atoms with E-state index >= 15 is 0 Å². The highest BCUT2D eigenvalue weighted by Crippen LogP contribution is 2.15. The topological polar surface area (TPSA) is 17.1 Å². The monoisotopic (exact) mass is 160 g/mol. The summed E-state index contributed by atoms with van der Waals surface area (Å²) in [5.41, 5.74) is 1.04. The summed E-state index contributed by atoms with van der Waals surface area (Å²) in [6, 6.07) is 9.71. The normalized spacial score (nSPS) is 12.1. The smallest absolute Gasteiger partial charge is 0.162 e. The van der Waals surface area contributed by atoms with Gasteiger partial charge in [-0.05, 0) is 11.6 Å². The highest BCUT2D eigenvalue weighted by atomic mass is 16.1. The van der Waals surface area contributed by atoms with E-state index in [1.165, 1.54) is 6.08 Å². The predicted molar refractivity (Wildman–Crippen MR) is 50.1 cm³/mol. The molecule has 1 aromatic rings. The fraction of sp³-hybridized carbons (Fsp3) is 0.182. The number of hydrogen-bond acceptors (Lipinski definition) is 1.